The fraction of sp³-hybridized carbons (Fsp3) is 0.333. The molecule has 0 aromatic carbocycles. The molecule has 1 aliphatic rings. The predicted octanol–water partition coefficient (Wildman–Crippen LogP) is 1.44. The molecule has 0 bridgehead atoms. The highest BCUT2D eigenvalue weighted by Gasteiger charge is 2.33. The third-order valence-corrected chi connectivity index (χ3v) is 2.29. The summed E-state index contributed by atoms with van der Waals surface area (Å²) >= 11 is 0. The maximum atomic E-state index is 10.7. The van der Waals surface area contributed by atoms with Crippen molar-refractivity contribution < 1.29 is 10.0 Å². The average Bonchev–Trinajstić information content (AvgIpc) is 3.00. The molecule has 0 aliphatic heterocycles. The summed E-state index contributed by atoms with van der Waals surface area (Å²) in [6, 6.07) is 2.74. The summed E-state index contributed by atoms with van der Waals surface area (Å²) in [6.07, 6.45) is 1.69. The van der Waals surface area contributed by atoms with E-state index in [4.69, 9.17) is 5.26 Å². The lowest BCUT2D eigenvalue weighted by atomic mass is 10.1. The zero-order chi connectivity index (χ0) is 11.0. The number of nitrogens with zero attached hydrogens (tertiary/aromatic N) is 3. The van der Waals surface area contributed by atoms with E-state index in [2.05, 4.69) is 4.98 Å². The molecule has 1 aromatic heterocycles. The van der Waals surface area contributed by atoms with Gasteiger partial charge in [0.2, 0.25) is 5.88 Å². The van der Waals surface area contributed by atoms with Crippen molar-refractivity contribution in [3.05, 3.63) is 27.4 Å². The fourth-order valence-corrected chi connectivity index (χ4v) is 1.39. The van der Waals surface area contributed by atoms with Gasteiger partial charge in [0, 0.05) is 12.0 Å². The van der Waals surface area contributed by atoms with E-state index in [9.17, 15) is 15.2 Å². The Balaban J connectivity index is 2.58. The SMILES string of the molecule is N#Cc1cc([N+](=O)[O-])c(C2CC2)nc1O. The van der Waals surface area contributed by atoms with Gasteiger partial charge < -0.3 is 5.11 Å². The van der Waals surface area contributed by atoms with Gasteiger partial charge in [-0.2, -0.15) is 5.26 Å². The molecule has 0 atom stereocenters. The first-order chi connectivity index (χ1) is 7.13. The van der Waals surface area contributed by atoms with Crippen molar-refractivity contribution in [1.82, 2.24) is 4.98 Å². The Bertz CT molecular complexity index is 474. The van der Waals surface area contributed by atoms with E-state index in [0.717, 1.165) is 18.9 Å². The number of hydrogen-bond donors (Lipinski definition) is 1. The van der Waals surface area contributed by atoms with Crippen LogP contribution >= 0.6 is 0 Å². The van der Waals surface area contributed by atoms with Crippen LogP contribution in [0.25, 0.3) is 0 Å². The summed E-state index contributed by atoms with van der Waals surface area (Å²) in [5.74, 6) is -0.367. The Morgan fingerprint density at radius 2 is 2.33 bits per heavy atom. The van der Waals surface area contributed by atoms with Gasteiger partial charge in [-0.3, -0.25) is 10.1 Å². The van der Waals surface area contributed by atoms with E-state index in [-0.39, 0.29) is 22.9 Å². The molecule has 1 N–H and O–H groups in total. The first kappa shape index (κ1) is 9.40. The van der Waals surface area contributed by atoms with Gasteiger partial charge in [0.15, 0.2) is 0 Å². The van der Waals surface area contributed by atoms with Crippen molar-refractivity contribution in [2.75, 3.05) is 0 Å². The van der Waals surface area contributed by atoms with Crippen LogP contribution in [0.5, 0.6) is 5.88 Å². The molecule has 1 heterocycles. The molecule has 76 valence electrons. The minimum absolute atomic E-state index is 0.0593. The van der Waals surface area contributed by atoms with Crippen LogP contribution < -0.4 is 0 Å². The third-order valence-electron chi connectivity index (χ3n) is 2.29. The summed E-state index contributed by atoms with van der Waals surface area (Å²) < 4.78 is 0. The van der Waals surface area contributed by atoms with E-state index in [1.165, 1.54) is 0 Å². The first-order valence-corrected chi connectivity index (χ1v) is 4.42. The van der Waals surface area contributed by atoms with E-state index < -0.39 is 10.8 Å². The molecule has 15 heavy (non-hydrogen) atoms. The Kier molecular flexibility index (Phi) is 2.01. The molecule has 6 heteroatoms. The van der Waals surface area contributed by atoms with E-state index in [1.807, 2.05) is 0 Å². The second kappa shape index (κ2) is 3.20. The second-order valence-electron chi connectivity index (χ2n) is 3.41. The molecule has 0 radical (unpaired) electrons. The predicted molar refractivity (Wildman–Crippen MR) is 49.2 cm³/mol. The zero-order valence-corrected chi connectivity index (χ0v) is 7.67. The minimum atomic E-state index is -0.569. The van der Waals surface area contributed by atoms with Crippen LogP contribution in [0.1, 0.15) is 30.0 Å². The van der Waals surface area contributed by atoms with Crippen LogP contribution in [0.2, 0.25) is 0 Å². The maximum Gasteiger partial charge on any atom is 0.292 e. The Morgan fingerprint density at radius 1 is 1.67 bits per heavy atom. The van der Waals surface area contributed by atoms with E-state index >= 15 is 0 Å². The van der Waals surface area contributed by atoms with Crippen molar-refractivity contribution in [2.24, 2.45) is 0 Å². The molecule has 2 rings (SSSR count). The first-order valence-electron chi connectivity index (χ1n) is 4.42. The Hall–Kier alpha value is -2.16. The lowest BCUT2D eigenvalue weighted by Gasteiger charge is -2.01. The van der Waals surface area contributed by atoms with Crippen LogP contribution in [0.15, 0.2) is 6.07 Å². The average molecular weight is 205 g/mol. The van der Waals surface area contributed by atoms with Gasteiger partial charge in [-0.25, -0.2) is 4.98 Å². The number of nitriles is 1. The molecule has 1 aromatic rings. The van der Waals surface area contributed by atoms with Crippen LogP contribution in [0.3, 0.4) is 0 Å². The number of aromatic nitrogens is 1. The van der Waals surface area contributed by atoms with Crippen molar-refractivity contribution in [3.8, 4) is 11.9 Å². The molecule has 0 saturated heterocycles. The number of aromatic hydroxyl groups is 1. The molecule has 0 unspecified atom stereocenters. The quantitative estimate of drug-likeness (QED) is 0.581. The van der Waals surface area contributed by atoms with Crippen LogP contribution in [-0.4, -0.2) is 15.0 Å². The summed E-state index contributed by atoms with van der Waals surface area (Å²) in [4.78, 5) is 13.9. The molecule has 1 aliphatic carbocycles. The number of hydrogen-bond acceptors (Lipinski definition) is 5. The van der Waals surface area contributed by atoms with Gasteiger partial charge in [0.05, 0.1) is 4.92 Å². The second-order valence-corrected chi connectivity index (χ2v) is 3.41. The number of rotatable bonds is 2. The highest BCUT2D eigenvalue weighted by molar-refractivity contribution is 5.50. The minimum Gasteiger partial charge on any atom is -0.492 e. The Labute approximate surface area is 84.9 Å². The van der Waals surface area contributed by atoms with Crippen LogP contribution in [-0.2, 0) is 0 Å². The van der Waals surface area contributed by atoms with Crippen molar-refractivity contribution in [1.29, 1.82) is 5.26 Å². The Morgan fingerprint density at radius 3 is 2.80 bits per heavy atom. The lowest BCUT2D eigenvalue weighted by Crippen LogP contribution is -1.98. The van der Waals surface area contributed by atoms with Crippen LogP contribution in [0.4, 0.5) is 5.69 Å². The smallest absolute Gasteiger partial charge is 0.292 e. The molecule has 0 spiro atoms. The number of nitro groups is 1. The third kappa shape index (κ3) is 1.59. The molecular weight excluding hydrogens is 198 g/mol. The molecule has 1 fully saturated rings. The highest BCUT2D eigenvalue weighted by Crippen LogP contribution is 2.44. The molecule has 6 nitrogen and oxygen atoms in total. The van der Waals surface area contributed by atoms with Crippen molar-refractivity contribution in [3.63, 3.8) is 0 Å². The van der Waals surface area contributed by atoms with Crippen molar-refractivity contribution >= 4 is 5.69 Å². The van der Waals surface area contributed by atoms with Gasteiger partial charge in [-0.1, -0.05) is 0 Å². The lowest BCUT2D eigenvalue weighted by molar-refractivity contribution is -0.386. The summed E-state index contributed by atoms with van der Waals surface area (Å²) in [7, 11) is 0. The summed E-state index contributed by atoms with van der Waals surface area (Å²) in [5.41, 5.74) is -0.0468. The summed E-state index contributed by atoms with van der Waals surface area (Å²) in [6.45, 7) is 0. The van der Waals surface area contributed by atoms with Gasteiger partial charge >= 0.3 is 0 Å². The molecule has 0 amide bonds. The van der Waals surface area contributed by atoms with Crippen molar-refractivity contribution in [2.45, 2.75) is 18.8 Å². The largest absolute Gasteiger partial charge is 0.492 e. The van der Waals surface area contributed by atoms with Gasteiger partial charge in [-0.15, -0.1) is 0 Å². The molecule has 1 saturated carbocycles. The standard InChI is InChI=1S/C9H7N3O3/c10-4-6-3-7(12(14)15)8(5-1-2-5)11-9(6)13/h3,5H,1-2H2,(H,11,13). The zero-order valence-electron chi connectivity index (χ0n) is 7.67. The van der Waals surface area contributed by atoms with Gasteiger partial charge in [-0.05, 0) is 12.8 Å². The molecular formula is C9H7N3O3. The highest BCUT2D eigenvalue weighted by atomic mass is 16.6. The topological polar surface area (TPSA) is 100 Å². The maximum absolute atomic E-state index is 10.7. The van der Waals surface area contributed by atoms with Gasteiger partial charge in [0.1, 0.15) is 17.3 Å². The number of pyridine rings is 1. The van der Waals surface area contributed by atoms with E-state index in [1.54, 1.807) is 6.07 Å². The summed E-state index contributed by atoms with van der Waals surface area (Å²) in [5, 5.41) is 28.6. The van der Waals surface area contributed by atoms with Gasteiger partial charge in [0.25, 0.3) is 5.69 Å². The fourth-order valence-electron chi connectivity index (χ4n) is 1.39. The normalized spacial score (nSPS) is 14.6. The monoisotopic (exact) mass is 205 g/mol. The van der Waals surface area contributed by atoms with E-state index in [0.29, 0.717) is 0 Å². The van der Waals surface area contributed by atoms with Crippen LogP contribution in [0, 0.1) is 21.4 Å².